The topological polar surface area (TPSA) is 139 Å². The van der Waals surface area contributed by atoms with Crippen LogP contribution >= 0.6 is 0 Å². The van der Waals surface area contributed by atoms with Gasteiger partial charge in [-0.25, -0.2) is 0 Å². The highest BCUT2D eigenvalue weighted by molar-refractivity contribution is 5.78. The molecule has 2 aliphatic heterocycles. The number of nitrogens with two attached hydrogens (primary N) is 1. The van der Waals surface area contributed by atoms with Crippen molar-refractivity contribution >= 4 is 5.91 Å². The lowest BCUT2D eigenvalue weighted by molar-refractivity contribution is -0.129. The first-order valence-corrected chi connectivity index (χ1v) is 5.86. The molecular formula is C10H21N3O5. The minimum atomic E-state index is -0.814. The Morgan fingerprint density at radius 2 is 1.50 bits per heavy atom. The molecule has 7 N–H and O–H groups in total. The molecule has 0 unspecified atom stereocenters. The van der Waals surface area contributed by atoms with E-state index >= 15 is 0 Å². The highest BCUT2D eigenvalue weighted by atomic mass is 16.3. The summed E-state index contributed by atoms with van der Waals surface area (Å²) in [5, 5.41) is 38.2. The van der Waals surface area contributed by atoms with Crippen LogP contribution in [0.15, 0.2) is 0 Å². The standard InChI is InChI=1S/C6H12N2O3.C4H9NO2/c7-1-6(11)8-2-4(9)5(10)3-8;6-3-1-5-2-4(3)7/h4-5,9-10H,1-3,7H2;3-7H,1-2H2/t4-,5+;3-,4+. The van der Waals surface area contributed by atoms with Crippen molar-refractivity contribution in [3.63, 3.8) is 0 Å². The molecule has 0 radical (unpaired) electrons. The molecule has 0 saturated carbocycles. The Kier molecular flexibility index (Phi) is 5.93. The molecule has 2 aliphatic rings. The molecule has 8 nitrogen and oxygen atoms in total. The maximum absolute atomic E-state index is 10.9. The van der Waals surface area contributed by atoms with Crippen LogP contribution in [0.1, 0.15) is 0 Å². The van der Waals surface area contributed by atoms with Gasteiger partial charge in [0.25, 0.3) is 0 Å². The lowest BCUT2D eigenvalue weighted by Crippen LogP contribution is -2.34. The van der Waals surface area contributed by atoms with Crippen LogP contribution in [0.5, 0.6) is 0 Å². The average Bonchev–Trinajstić information content (AvgIpc) is 2.87. The fraction of sp³-hybridized carbons (Fsp3) is 0.900. The van der Waals surface area contributed by atoms with E-state index in [-0.39, 0.29) is 25.5 Å². The van der Waals surface area contributed by atoms with Gasteiger partial charge < -0.3 is 36.4 Å². The van der Waals surface area contributed by atoms with Gasteiger partial charge in [-0.3, -0.25) is 4.79 Å². The summed E-state index contributed by atoms with van der Waals surface area (Å²) in [6.45, 7) is 1.37. The number of aliphatic hydroxyl groups excluding tert-OH is 4. The van der Waals surface area contributed by atoms with Crippen LogP contribution in [-0.4, -0.2) is 88.4 Å². The highest BCUT2D eigenvalue weighted by Gasteiger charge is 2.31. The first kappa shape index (κ1) is 15.3. The number of carbonyl (C=O) groups is 1. The van der Waals surface area contributed by atoms with Crippen molar-refractivity contribution in [1.29, 1.82) is 0 Å². The number of nitrogens with one attached hydrogen (secondary N) is 1. The fourth-order valence-corrected chi connectivity index (χ4v) is 1.75. The number of carbonyl (C=O) groups excluding carboxylic acids is 1. The number of hydrogen-bond acceptors (Lipinski definition) is 7. The summed E-state index contributed by atoms with van der Waals surface area (Å²) in [6.07, 6.45) is -2.71. The second-order valence-corrected chi connectivity index (χ2v) is 4.43. The summed E-state index contributed by atoms with van der Waals surface area (Å²) >= 11 is 0. The molecule has 0 spiro atoms. The van der Waals surface area contributed by atoms with Crippen LogP contribution in [0.2, 0.25) is 0 Å². The van der Waals surface area contributed by atoms with E-state index < -0.39 is 24.4 Å². The number of likely N-dealkylation sites (tertiary alicyclic amines) is 1. The van der Waals surface area contributed by atoms with Gasteiger partial charge >= 0.3 is 0 Å². The van der Waals surface area contributed by atoms with Crippen LogP contribution in [0.3, 0.4) is 0 Å². The van der Waals surface area contributed by atoms with Crippen LogP contribution in [0.25, 0.3) is 0 Å². The summed E-state index contributed by atoms with van der Waals surface area (Å²) in [4.78, 5) is 12.2. The zero-order chi connectivity index (χ0) is 13.7. The molecule has 2 saturated heterocycles. The normalized spacial score (nSPS) is 35.3. The molecule has 18 heavy (non-hydrogen) atoms. The Morgan fingerprint density at radius 3 is 1.78 bits per heavy atom. The van der Waals surface area contributed by atoms with E-state index in [9.17, 15) is 4.79 Å². The van der Waals surface area contributed by atoms with E-state index in [1.54, 1.807) is 0 Å². The number of amides is 1. The molecule has 2 fully saturated rings. The molecule has 2 heterocycles. The van der Waals surface area contributed by atoms with Gasteiger partial charge in [-0.05, 0) is 0 Å². The van der Waals surface area contributed by atoms with Crippen molar-refractivity contribution in [2.75, 3.05) is 32.7 Å². The van der Waals surface area contributed by atoms with E-state index in [0.29, 0.717) is 13.1 Å². The van der Waals surface area contributed by atoms with Gasteiger partial charge in [-0.2, -0.15) is 0 Å². The lowest BCUT2D eigenvalue weighted by Gasteiger charge is -2.12. The zero-order valence-electron chi connectivity index (χ0n) is 10.1. The minimum absolute atomic E-state index is 0.0700. The molecule has 2 rings (SSSR count). The minimum Gasteiger partial charge on any atom is -0.389 e. The Balaban J connectivity index is 0.000000199. The van der Waals surface area contributed by atoms with E-state index in [1.165, 1.54) is 4.90 Å². The van der Waals surface area contributed by atoms with Crippen molar-refractivity contribution in [3.05, 3.63) is 0 Å². The van der Waals surface area contributed by atoms with E-state index in [2.05, 4.69) is 5.32 Å². The Hall–Kier alpha value is -0.770. The molecule has 0 aromatic rings. The predicted molar refractivity (Wildman–Crippen MR) is 62.5 cm³/mol. The summed E-state index contributed by atoms with van der Waals surface area (Å²) in [6, 6.07) is 0. The molecule has 0 aromatic heterocycles. The number of hydrogen-bond donors (Lipinski definition) is 6. The second-order valence-electron chi connectivity index (χ2n) is 4.43. The molecule has 8 heteroatoms. The van der Waals surface area contributed by atoms with Crippen molar-refractivity contribution < 1.29 is 25.2 Å². The third-order valence-electron chi connectivity index (χ3n) is 2.94. The third-order valence-corrected chi connectivity index (χ3v) is 2.94. The lowest BCUT2D eigenvalue weighted by atomic mass is 10.3. The maximum Gasteiger partial charge on any atom is 0.236 e. The Bertz CT molecular complexity index is 260. The smallest absolute Gasteiger partial charge is 0.236 e. The Morgan fingerprint density at radius 1 is 1.06 bits per heavy atom. The van der Waals surface area contributed by atoms with Gasteiger partial charge in [0.1, 0.15) is 0 Å². The van der Waals surface area contributed by atoms with Crippen molar-refractivity contribution in [2.45, 2.75) is 24.4 Å². The largest absolute Gasteiger partial charge is 0.389 e. The molecule has 1 amide bonds. The molecule has 106 valence electrons. The van der Waals surface area contributed by atoms with Crippen molar-refractivity contribution in [2.24, 2.45) is 5.73 Å². The summed E-state index contributed by atoms with van der Waals surface area (Å²) in [5.74, 6) is -0.236. The van der Waals surface area contributed by atoms with Gasteiger partial charge in [0.2, 0.25) is 5.91 Å². The van der Waals surface area contributed by atoms with E-state index in [0.717, 1.165) is 0 Å². The molecular weight excluding hydrogens is 242 g/mol. The van der Waals surface area contributed by atoms with Crippen molar-refractivity contribution in [3.8, 4) is 0 Å². The number of β-amino-alcohol motifs (C(OH)–C–C–N with tert-alkyl or cyclic N) is 4. The van der Waals surface area contributed by atoms with Gasteiger partial charge in [0.05, 0.1) is 31.0 Å². The summed E-state index contributed by atoms with van der Waals surface area (Å²) in [7, 11) is 0. The Labute approximate surface area is 105 Å². The first-order valence-electron chi connectivity index (χ1n) is 5.86. The van der Waals surface area contributed by atoms with Gasteiger partial charge in [0.15, 0.2) is 0 Å². The number of rotatable bonds is 1. The molecule has 0 bridgehead atoms. The van der Waals surface area contributed by atoms with Crippen molar-refractivity contribution in [1.82, 2.24) is 10.2 Å². The monoisotopic (exact) mass is 263 g/mol. The summed E-state index contributed by atoms with van der Waals surface area (Å²) in [5.41, 5.74) is 5.09. The SMILES string of the molecule is NCC(=O)N1C[C@@H](O)[C@@H](O)C1.O[C@@H]1CNC[C@@H]1O. The average molecular weight is 263 g/mol. The zero-order valence-corrected chi connectivity index (χ0v) is 10.1. The van der Waals surface area contributed by atoms with Crippen LogP contribution in [0, 0.1) is 0 Å². The highest BCUT2D eigenvalue weighted by Crippen LogP contribution is 2.08. The third kappa shape index (κ3) is 4.16. The second kappa shape index (κ2) is 6.98. The van der Waals surface area contributed by atoms with Gasteiger partial charge in [-0.15, -0.1) is 0 Å². The van der Waals surface area contributed by atoms with Crippen LogP contribution < -0.4 is 11.1 Å². The summed E-state index contributed by atoms with van der Waals surface area (Å²) < 4.78 is 0. The fourth-order valence-electron chi connectivity index (χ4n) is 1.75. The van der Waals surface area contributed by atoms with E-state index in [4.69, 9.17) is 26.2 Å². The number of nitrogens with zero attached hydrogens (tertiary/aromatic N) is 1. The predicted octanol–water partition coefficient (Wildman–Crippen LogP) is -4.18. The molecule has 0 aromatic carbocycles. The van der Waals surface area contributed by atoms with Gasteiger partial charge in [-0.1, -0.05) is 0 Å². The van der Waals surface area contributed by atoms with Gasteiger partial charge in [0, 0.05) is 26.2 Å². The van der Waals surface area contributed by atoms with E-state index in [1.807, 2.05) is 0 Å². The van der Waals surface area contributed by atoms with Crippen LogP contribution in [-0.2, 0) is 4.79 Å². The number of aliphatic hydroxyl groups is 4. The first-order chi connectivity index (χ1) is 8.45. The van der Waals surface area contributed by atoms with Crippen LogP contribution in [0.4, 0.5) is 0 Å². The molecule has 0 aliphatic carbocycles. The maximum atomic E-state index is 10.9. The quantitative estimate of drug-likeness (QED) is 0.282. The molecule has 4 atom stereocenters.